The van der Waals surface area contributed by atoms with E-state index in [4.69, 9.17) is 14.2 Å². The van der Waals surface area contributed by atoms with E-state index in [1.807, 2.05) is 32.0 Å². The molecule has 0 aliphatic rings. The lowest BCUT2D eigenvalue weighted by Crippen LogP contribution is -2.28. The van der Waals surface area contributed by atoms with Gasteiger partial charge in [-0.1, -0.05) is 18.2 Å². The number of methoxy groups -OCH3 is 3. The molecule has 0 unspecified atom stereocenters. The van der Waals surface area contributed by atoms with Crippen molar-refractivity contribution in [1.29, 1.82) is 0 Å². The average Bonchev–Trinajstić information content (AvgIpc) is 3.11. The molecule has 2 N–H and O–H groups in total. The monoisotopic (exact) mass is 454 g/mol. The molecular weight excluding hydrogens is 428 g/mol. The number of benzene rings is 2. The normalized spacial score (nSPS) is 11.2. The van der Waals surface area contributed by atoms with Gasteiger partial charge in [-0.3, -0.25) is 9.59 Å². The molecule has 0 aliphatic heterocycles. The molecule has 1 aromatic heterocycles. The number of azo groups is 1. The highest BCUT2D eigenvalue weighted by atomic mass is 16.5. The van der Waals surface area contributed by atoms with E-state index in [9.17, 15) is 14.7 Å². The maximum Gasteiger partial charge on any atom is 0.283 e. The first-order valence-corrected chi connectivity index (χ1v) is 10.2. The Kier molecular flexibility index (Phi) is 7.17. The summed E-state index contributed by atoms with van der Waals surface area (Å²) in [5.41, 5.74) is 1.19. The zero-order valence-electron chi connectivity index (χ0n) is 19.1. The number of nitrogens with one attached hydrogen (secondary N) is 1. The molecule has 0 spiro atoms. The van der Waals surface area contributed by atoms with E-state index in [-0.39, 0.29) is 29.7 Å². The van der Waals surface area contributed by atoms with Crippen LogP contribution in [0.25, 0.3) is 10.9 Å². The first kappa shape index (κ1) is 23.6. The summed E-state index contributed by atoms with van der Waals surface area (Å²) in [5.74, 6) is -0.324. The molecule has 0 saturated carbocycles. The summed E-state index contributed by atoms with van der Waals surface area (Å²) in [6, 6.07) is 10.2. The number of nitrogens with zero attached hydrogens (tertiary/aromatic N) is 3. The molecule has 0 atom stereocenters. The largest absolute Gasteiger partial charge is 0.493 e. The van der Waals surface area contributed by atoms with Gasteiger partial charge in [0.2, 0.25) is 11.6 Å². The van der Waals surface area contributed by atoms with Gasteiger partial charge in [-0.25, -0.2) is 0 Å². The Bertz CT molecular complexity index is 1190. The average molecular weight is 454 g/mol. The molecule has 0 saturated heterocycles. The molecule has 2 amide bonds. The fraction of sp³-hybridized carbons (Fsp3) is 0.304. The third-order valence-electron chi connectivity index (χ3n) is 4.96. The number of fused-ring (bicyclic) bond motifs is 1. The van der Waals surface area contributed by atoms with Crippen molar-refractivity contribution in [3.8, 4) is 23.1 Å². The number of carbonyl (C=O) groups excluding carboxylic acids is 2. The lowest BCUT2D eigenvalue weighted by atomic mass is 10.1. The Morgan fingerprint density at radius 3 is 2.27 bits per heavy atom. The van der Waals surface area contributed by atoms with Crippen molar-refractivity contribution in [2.24, 2.45) is 10.2 Å². The summed E-state index contributed by atoms with van der Waals surface area (Å²) in [6.45, 7) is 3.47. The number of para-hydroxylation sites is 1. The van der Waals surface area contributed by atoms with Gasteiger partial charge in [-0.15, -0.1) is 10.2 Å². The second-order valence-corrected chi connectivity index (χ2v) is 7.34. The topological polar surface area (TPSA) is 124 Å². The minimum absolute atomic E-state index is 0.0210. The fourth-order valence-electron chi connectivity index (χ4n) is 3.47. The highest BCUT2D eigenvalue weighted by Gasteiger charge is 2.19. The van der Waals surface area contributed by atoms with Gasteiger partial charge in [-0.05, 0) is 32.0 Å². The van der Waals surface area contributed by atoms with Gasteiger partial charge in [0.15, 0.2) is 17.2 Å². The lowest BCUT2D eigenvalue weighted by molar-refractivity contribution is -0.117. The Morgan fingerprint density at radius 2 is 1.70 bits per heavy atom. The molecule has 1 heterocycles. The molecule has 0 radical (unpaired) electrons. The Balaban J connectivity index is 1.75. The summed E-state index contributed by atoms with van der Waals surface area (Å²) in [6.07, 6.45) is 0. The van der Waals surface area contributed by atoms with Gasteiger partial charge < -0.3 is 29.2 Å². The van der Waals surface area contributed by atoms with E-state index >= 15 is 0 Å². The van der Waals surface area contributed by atoms with Crippen LogP contribution in [0.2, 0.25) is 0 Å². The molecular formula is C23H26N4O6. The molecule has 33 heavy (non-hydrogen) atoms. The highest BCUT2D eigenvalue weighted by Crippen LogP contribution is 2.41. The minimum atomic E-state index is -0.684. The van der Waals surface area contributed by atoms with Gasteiger partial charge >= 0.3 is 0 Å². The van der Waals surface area contributed by atoms with Gasteiger partial charge in [-0.2, -0.15) is 0 Å². The van der Waals surface area contributed by atoms with Crippen molar-refractivity contribution in [3.63, 3.8) is 0 Å². The van der Waals surface area contributed by atoms with Crippen molar-refractivity contribution in [2.45, 2.75) is 19.9 Å². The third kappa shape index (κ3) is 4.74. The highest BCUT2D eigenvalue weighted by molar-refractivity contribution is 5.98. The second kappa shape index (κ2) is 10.0. The van der Waals surface area contributed by atoms with Crippen LogP contribution in [0.5, 0.6) is 23.1 Å². The summed E-state index contributed by atoms with van der Waals surface area (Å²) in [7, 11) is 4.34. The summed E-state index contributed by atoms with van der Waals surface area (Å²) < 4.78 is 17.4. The van der Waals surface area contributed by atoms with Gasteiger partial charge in [0, 0.05) is 17.0 Å². The van der Waals surface area contributed by atoms with Crippen molar-refractivity contribution < 1.29 is 28.9 Å². The fourth-order valence-corrected chi connectivity index (χ4v) is 3.47. The predicted octanol–water partition coefficient (Wildman–Crippen LogP) is 3.99. The first-order valence-electron chi connectivity index (χ1n) is 10.2. The molecule has 174 valence electrons. The smallest absolute Gasteiger partial charge is 0.283 e. The number of hydrogen-bond donors (Lipinski definition) is 2. The van der Waals surface area contributed by atoms with Gasteiger partial charge in [0.1, 0.15) is 6.54 Å². The van der Waals surface area contributed by atoms with Crippen LogP contribution >= 0.6 is 0 Å². The summed E-state index contributed by atoms with van der Waals surface area (Å²) in [5, 5.41) is 21.4. The number of ether oxygens (including phenoxy) is 3. The van der Waals surface area contributed by atoms with E-state index in [1.165, 1.54) is 33.5 Å². The molecule has 0 aliphatic carbocycles. The molecule has 10 heteroatoms. The quantitative estimate of drug-likeness (QED) is 0.496. The number of rotatable bonds is 8. The second-order valence-electron chi connectivity index (χ2n) is 7.34. The van der Waals surface area contributed by atoms with Crippen LogP contribution in [-0.2, 0) is 4.79 Å². The lowest BCUT2D eigenvalue weighted by Gasteiger charge is -2.13. The van der Waals surface area contributed by atoms with Crippen molar-refractivity contribution in [3.05, 3.63) is 42.0 Å². The standard InChI is InChI=1S/C23H26N4O6/c1-13(2)27-16-9-7-6-8-15(16)20(23(27)30)26-25-19(28)12-24-22(29)14-10-17(31-3)21(33-5)18(11-14)32-4/h6-11,13,30H,12H2,1-5H3,(H,24,29). The van der Waals surface area contributed by atoms with E-state index in [0.717, 1.165) is 5.52 Å². The third-order valence-corrected chi connectivity index (χ3v) is 4.96. The van der Waals surface area contributed by atoms with Crippen molar-refractivity contribution in [2.75, 3.05) is 27.9 Å². The van der Waals surface area contributed by atoms with Crippen LogP contribution in [0, 0.1) is 0 Å². The SMILES string of the molecule is COc1cc(C(=O)NCC(=O)N=Nc2c(O)n(C(C)C)c3ccccc23)cc(OC)c1OC. The van der Waals surface area contributed by atoms with E-state index < -0.39 is 11.8 Å². The number of amides is 2. The van der Waals surface area contributed by atoms with Gasteiger partial charge in [0.25, 0.3) is 11.8 Å². The van der Waals surface area contributed by atoms with Crippen molar-refractivity contribution in [1.82, 2.24) is 9.88 Å². The Morgan fingerprint density at radius 1 is 1.06 bits per heavy atom. The summed E-state index contributed by atoms with van der Waals surface area (Å²) >= 11 is 0. The van der Waals surface area contributed by atoms with Crippen LogP contribution in [0.3, 0.4) is 0 Å². The molecule has 0 bridgehead atoms. The Hall–Kier alpha value is -4.08. The first-order chi connectivity index (χ1) is 15.8. The van der Waals surface area contributed by atoms with E-state index in [2.05, 4.69) is 15.5 Å². The van der Waals surface area contributed by atoms with Crippen LogP contribution in [0.1, 0.15) is 30.2 Å². The molecule has 0 fully saturated rings. The molecule has 3 aromatic rings. The van der Waals surface area contributed by atoms with Crippen molar-refractivity contribution >= 4 is 28.4 Å². The van der Waals surface area contributed by atoms with E-state index in [1.54, 1.807) is 10.6 Å². The predicted molar refractivity (Wildman–Crippen MR) is 122 cm³/mol. The van der Waals surface area contributed by atoms with Crippen LogP contribution in [0.15, 0.2) is 46.6 Å². The number of hydrogen-bond acceptors (Lipinski definition) is 7. The van der Waals surface area contributed by atoms with Gasteiger partial charge in [0.05, 0.1) is 26.8 Å². The molecule has 10 nitrogen and oxygen atoms in total. The zero-order chi connectivity index (χ0) is 24.1. The van der Waals surface area contributed by atoms with Crippen LogP contribution in [0.4, 0.5) is 5.69 Å². The Labute approximate surface area is 190 Å². The maximum absolute atomic E-state index is 12.5. The molecule has 2 aromatic carbocycles. The maximum atomic E-state index is 12.5. The summed E-state index contributed by atoms with van der Waals surface area (Å²) in [4.78, 5) is 24.8. The molecule has 3 rings (SSSR count). The van der Waals surface area contributed by atoms with Crippen LogP contribution < -0.4 is 19.5 Å². The van der Waals surface area contributed by atoms with E-state index in [0.29, 0.717) is 22.6 Å². The number of aromatic nitrogens is 1. The number of carbonyl (C=O) groups is 2. The van der Waals surface area contributed by atoms with Crippen LogP contribution in [-0.4, -0.2) is 49.4 Å². The minimum Gasteiger partial charge on any atom is -0.493 e. The number of aromatic hydroxyl groups is 1. The zero-order valence-corrected chi connectivity index (χ0v) is 19.1.